The maximum absolute atomic E-state index is 11.8. The van der Waals surface area contributed by atoms with Crippen LogP contribution in [0.5, 0.6) is 23.0 Å². The van der Waals surface area contributed by atoms with Crippen LogP contribution in [0.1, 0.15) is 18.6 Å². The predicted molar refractivity (Wildman–Crippen MR) is 132 cm³/mol. The Morgan fingerprint density at radius 3 is 1.56 bits per heavy atom. The van der Waals surface area contributed by atoms with Crippen LogP contribution >= 0.6 is 0 Å². The summed E-state index contributed by atoms with van der Waals surface area (Å²) in [6.45, 7) is 0. The smallest absolute Gasteiger partial charge is 0.239 e. The third kappa shape index (κ3) is 9.16. The van der Waals surface area contributed by atoms with Gasteiger partial charge in [0.15, 0.2) is 23.0 Å². The van der Waals surface area contributed by atoms with E-state index in [1.54, 1.807) is 47.4 Å². The monoisotopic (exact) mass is 478 g/mol. The number of phenolic OH excluding ortho intramolecular Hbond substituents is 4. The van der Waals surface area contributed by atoms with Gasteiger partial charge < -0.3 is 41.3 Å². The number of phenols is 4. The topological polar surface area (TPSA) is 160 Å². The summed E-state index contributed by atoms with van der Waals surface area (Å²) in [5.41, 5.74) is 7.20. The molecule has 0 radical (unpaired) electrons. The molecule has 2 aromatic rings. The van der Waals surface area contributed by atoms with E-state index >= 15 is 0 Å². The molecule has 0 aliphatic heterocycles. The van der Waals surface area contributed by atoms with Gasteiger partial charge in [0.05, 0.1) is 12.1 Å². The van der Waals surface area contributed by atoms with E-state index in [-0.39, 0.29) is 48.3 Å². The molecular formula is C24H38N4O6. The molecule has 0 fully saturated rings. The first kappa shape index (κ1) is 30.5. The van der Waals surface area contributed by atoms with Crippen LogP contribution in [0.15, 0.2) is 36.4 Å². The summed E-state index contributed by atoms with van der Waals surface area (Å²) >= 11 is 0. The number of hydrogen-bond donors (Lipinski definition) is 6. The molecule has 190 valence electrons. The highest BCUT2D eigenvalue weighted by Gasteiger charge is 2.19. The lowest BCUT2D eigenvalue weighted by Gasteiger charge is -2.20. The van der Waals surface area contributed by atoms with Crippen LogP contribution in [0.2, 0.25) is 0 Å². The number of nitrogens with zero attached hydrogens (tertiary/aromatic N) is 2. The van der Waals surface area contributed by atoms with Gasteiger partial charge in [-0.05, 0) is 55.3 Å². The van der Waals surface area contributed by atoms with Crippen molar-refractivity contribution in [3.05, 3.63) is 47.5 Å². The van der Waals surface area contributed by atoms with Crippen LogP contribution in [-0.4, -0.2) is 89.4 Å². The van der Waals surface area contributed by atoms with E-state index in [9.17, 15) is 24.9 Å². The number of likely N-dealkylation sites (N-methyl/N-ethyl adjacent to an activating group) is 3. The minimum Gasteiger partial charge on any atom is -0.504 e. The molecule has 0 aliphatic carbocycles. The normalized spacial score (nSPS) is 11.8. The van der Waals surface area contributed by atoms with Crippen molar-refractivity contribution in [2.75, 3.05) is 35.2 Å². The van der Waals surface area contributed by atoms with Gasteiger partial charge in [0.1, 0.15) is 0 Å². The summed E-state index contributed by atoms with van der Waals surface area (Å²) in [6.07, 6.45) is 0.784. The van der Waals surface area contributed by atoms with E-state index in [1.165, 1.54) is 34.1 Å². The van der Waals surface area contributed by atoms with E-state index in [4.69, 9.17) is 10.8 Å². The van der Waals surface area contributed by atoms with Crippen molar-refractivity contribution in [2.24, 2.45) is 5.73 Å². The number of nitrogens with one attached hydrogen (secondary N) is 1. The second kappa shape index (κ2) is 13.9. The Morgan fingerprint density at radius 2 is 1.21 bits per heavy atom. The lowest BCUT2D eigenvalue weighted by Crippen LogP contribution is -2.43. The average Bonchev–Trinajstić information content (AvgIpc) is 2.76. The van der Waals surface area contributed by atoms with Gasteiger partial charge in [-0.25, -0.2) is 0 Å². The number of amides is 2. The maximum Gasteiger partial charge on any atom is 0.239 e. The van der Waals surface area contributed by atoms with E-state index in [1.807, 2.05) is 0 Å². The van der Waals surface area contributed by atoms with Crippen molar-refractivity contribution >= 4 is 11.8 Å². The summed E-state index contributed by atoms with van der Waals surface area (Å²) in [6, 6.07) is 7.98. The van der Waals surface area contributed by atoms with Crippen molar-refractivity contribution < 1.29 is 30.0 Å². The zero-order valence-electron chi connectivity index (χ0n) is 19.6. The van der Waals surface area contributed by atoms with E-state index in [0.29, 0.717) is 18.4 Å². The molecule has 0 spiro atoms. The zero-order valence-corrected chi connectivity index (χ0v) is 19.6. The fraction of sp³-hybridized carbons (Fsp3) is 0.417. The highest BCUT2D eigenvalue weighted by molar-refractivity contribution is 5.82. The Morgan fingerprint density at radius 1 is 0.794 bits per heavy atom. The number of nitrogens with two attached hydrogens (primary N) is 1. The number of carbonyl (C=O) groups is 2. The molecule has 34 heavy (non-hydrogen) atoms. The van der Waals surface area contributed by atoms with Crippen molar-refractivity contribution in [1.82, 2.24) is 15.1 Å². The summed E-state index contributed by atoms with van der Waals surface area (Å²) in [4.78, 5) is 26.2. The Hall–Kier alpha value is -3.50. The third-order valence-corrected chi connectivity index (χ3v) is 4.82. The predicted octanol–water partition coefficient (Wildman–Crippen LogP) is 1.01. The highest BCUT2D eigenvalue weighted by atomic mass is 16.3. The third-order valence-electron chi connectivity index (χ3n) is 4.82. The van der Waals surface area contributed by atoms with Crippen molar-refractivity contribution in [3.63, 3.8) is 0 Å². The zero-order chi connectivity index (χ0) is 25.3. The number of aromatic hydroxyl groups is 4. The molecule has 10 nitrogen and oxygen atoms in total. The van der Waals surface area contributed by atoms with E-state index < -0.39 is 6.04 Å². The first-order valence-corrected chi connectivity index (χ1v) is 10.2. The fourth-order valence-electron chi connectivity index (χ4n) is 2.93. The second-order valence-corrected chi connectivity index (χ2v) is 7.97. The summed E-state index contributed by atoms with van der Waals surface area (Å²) in [5.74, 6) is -0.922. The molecule has 0 aliphatic rings. The number of rotatable bonds is 7. The van der Waals surface area contributed by atoms with Crippen LogP contribution in [0.4, 0.5) is 0 Å². The minimum atomic E-state index is -0.640. The molecule has 2 rings (SSSR count). The van der Waals surface area contributed by atoms with Crippen LogP contribution in [0, 0.1) is 0 Å². The first-order valence-electron chi connectivity index (χ1n) is 10.2. The lowest BCUT2D eigenvalue weighted by molar-refractivity contribution is -0.131. The Balaban J connectivity index is 0.000000623. The molecular weight excluding hydrogens is 440 g/mol. The van der Waals surface area contributed by atoms with Gasteiger partial charge in [-0.1, -0.05) is 19.6 Å². The van der Waals surface area contributed by atoms with Crippen LogP contribution in [0.25, 0.3) is 0 Å². The number of carbonyl (C=O) groups excluding carboxylic acids is 2. The van der Waals surface area contributed by atoms with Gasteiger partial charge in [-0.15, -0.1) is 0 Å². The molecule has 2 amide bonds. The van der Waals surface area contributed by atoms with E-state index in [0.717, 1.165) is 5.56 Å². The van der Waals surface area contributed by atoms with Crippen molar-refractivity contribution in [1.29, 1.82) is 0 Å². The minimum absolute atomic E-state index is 0. The van der Waals surface area contributed by atoms with Gasteiger partial charge >= 0.3 is 0 Å². The maximum atomic E-state index is 11.8. The molecule has 10 heteroatoms. The average molecular weight is 479 g/mol. The molecule has 2 aromatic carbocycles. The second-order valence-electron chi connectivity index (χ2n) is 7.97. The van der Waals surface area contributed by atoms with Crippen LogP contribution in [-0.2, 0) is 22.4 Å². The molecule has 2 atom stereocenters. The summed E-state index contributed by atoms with van der Waals surface area (Å²) < 4.78 is 0. The summed E-state index contributed by atoms with van der Waals surface area (Å²) in [7, 11) is 8.38. The van der Waals surface area contributed by atoms with E-state index in [2.05, 4.69) is 5.32 Å². The quantitative estimate of drug-likeness (QED) is 0.322. The molecule has 0 aromatic heterocycles. The Bertz CT molecular complexity index is 949. The van der Waals surface area contributed by atoms with Crippen LogP contribution in [0.3, 0.4) is 0 Å². The van der Waals surface area contributed by atoms with Gasteiger partial charge in [-0.2, -0.15) is 0 Å². The molecule has 0 heterocycles. The van der Waals surface area contributed by atoms with Crippen molar-refractivity contribution in [3.8, 4) is 23.0 Å². The summed E-state index contributed by atoms with van der Waals surface area (Å²) in [5, 5.41) is 39.9. The lowest BCUT2D eigenvalue weighted by atomic mass is 10.0. The molecule has 0 bridgehead atoms. The number of benzene rings is 2. The van der Waals surface area contributed by atoms with Gasteiger partial charge in [0.2, 0.25) is 11.8 Å². The molecule has 0 unspecified atom stereocenters. The molecule has 7 N–H and O–H groups in total. The SMILES string of the molecule is C.CN(C)C(=O)[C@@H](N)Cc1ccc(O)c(O)c1.CN[C@@H](Cc1ccc(O)c(O)c1)C(=O)N(C)C. The Labute approximate surface area is 201 Å². The van der Waals surface area contributed by atoms with Crippen LogP contribution < -0.4 is 11.1 Å². The fourth-order valence-corrected chi connectivity index (χ4v) is 2.93. The largest absolute Gasteiger partial charge is 0.504 e. The molecule has 0 saturated carbocycles. The first-order chi connectivity index (χ1) is 15.4. The highest BCUT2D eigenvalue weighted by Crippen LogP contribution is 2.26. The van der Waals surface area contributed by atoms with Gasteiger partial charge in [-0.3, -0.25) is 9.59 Å². The molecule has 0 saturated heterocycles. The van der Waals surface area contributed by atoms with Gasteiger partial charge in [0, 0.05) is 28.2 Å². The number of hydrogen-bond acceptors (Lipinski definition) is 8. The standard InChI is InChI=1S/C12H18N2O3.C11H16N2O3.CH4/c1-13-9(12(17)14(2)3)6-8-4-5-10(15)11(16)7-8;1-13(2)11(16)8(12)5-7-3-4-9(14)10(15)6-7;/h4-5,7,9,13,15-16H,6H2,1-3H3;3-4,6,8,14-15H,5,12H2,1-2H3;1H4/t9-;8-;/m00./s1. The Kier molecular flexibility index (Phi) is 12.5. The van der Waals surface area contributed by atoms with Crippen molar-refractivity contribution in [2.45, 2.75) is 32.4 Å². The van der Waals surface area contributed by atoms with Gasteiger partial charge in [0.25, 0.3) is 0 Å².